The zero-order chi connectivity index (χ0) is 17.4. The molecule has 1 atom stereocenters. The second-order valence-corrected chi connectivity index (χ2v) is 8.11. The number of aryl methyl sites for hydroxylation is 3. The minimum atomic E-state index is 0. The van der Waals surface area contributed by atoms with E-state index in [0.717, 1.165) is 49.1 Å². The maximum Gasteiger partial charge on any atom is 0.262 e. The molecule has 0 unspecified atom stereocenters. The van der Waals surface area contributed by atoms with E-state index in [-0.39, 0.29) is 29.9 Å². The van der Waals surface area contributed by atoms with Gasteiger partial charge in [0, 0.05) is 43.5 Å². The van der Waals surface area contributed by atoms with E-state index in [9.17, 15) is 9.59 Å². The van der Waals surface area contributed by atoms with Crippen LogP contribution in [0.25, 0.3) is 10.2 Å². The highest BCUT2D eigenvalue weighted by atomic mass is 35.5. The molecule has 1 aliphatic carbocycles. The van der Waals surface area contributed by atoms with Crippen molar-refractivity contribution in [3.05, 3.63) is 27.1 Å². The third-order valence-corrected chi connectivity index (χ3v) is 6.53. The van der Waals surface area contributed by atoms with E-state index in [1.54, 1.807) is 22.2 Å². The fraction of sp³-hybridized carbons (Fsp3) is 0.611. The average molecular weight is 397 g/mol. The van der Waals surface area contributed by atoms with E-state index in [1.165, 1.54) is 16.9 Å². The summed E-state index contributed by atoms with van der Waals surface area (Å²) in [6.07, 6.45) is 6.35. The summed E-state index contributed by atoms with van der Waals surface area (Å²) in [7, 11) is 0. The summed E-state index contributed by atoms with van der Waals surface area (Å²) in [5.41, 5.74) is 1.23. The molecule has 6 nitrogen and oxygen atoms in total. The fourth-order valence-electron chi connectivity index (χ4n) is 3.91. The molecule has 0 spiro atoms. The summed E-state index contributed by atoms with van der Waals surface area (Å²) in [6, 6.07) is 0.211. The van der Waals surface area contributed by atoms with Gasteiger partial charge in [-0.1, -0.05) is 0 Å². The Morgan fingerprint density at radius 3 is 3.00 bits per heavy atom. The molecule has 2 aromatic rings. The van der Waals surface area contributed by atoms with E-state index in [1.807, 2.05) is 4.90 Å². The normalized spacial score (nSPS) is 19.9. The number of fused-ring (bicyclic) bond motifs is 3. The van der Waals surface area contributed by atoms with E-state index >= 15 is 0 Å². The lowest BCUT2D eigenvalue weighted by atomic mass is 9.97. The van der Waals surface area contributed by atoms with Crippen LogP contribution in [0, 0.1) is 0 Å². The van der Waals surface area contributed by atoms with Crippen LogP contribution in [0.15, 0.2) is 11.1 Å². The zero-order valence-electron chi connectivity index (χ0n) is 15.0. The van der Waals surface area contributed by atoms with Crippen LogP contribution in [0.3, 0.4) is 0 Å². The molecule has 1 N–H and O–H groups in total. The van der Waals surface area contributed by atoms with Gasteiger partial charge in [-0.15, -0.1) is 23.7 Å². The maximum atomic E-state index is 12.9. The van der Waals surface area contributed by atoms with Gasteiger partial charge >= 0.3 is 0 Å². The Labute approximate surface area is 163 Å². The second-order valence-electron chi connectivity index (χ2n) is 7.02. The van der Waals surface area contributed by atoms with Crippen molar-refractivity contribution in [1.29, 1.82) is 0 Å². The number of hydrogen-bond acceptors (Lipinski definition) is 5. The molecule has 26 heavy (non-hydrogen) atoms. The Bertz CT molecular complexity index is 863. The Morgan fingerprint density at radius 2 is 2.19 bits per heavy atom. The lowest BCUT2D eigenvalue weighted by Crippen LogP contribution is -2.52. The number of rotatable bonds is 3. The number of nitrogens with one attached hydrogen (secondary N) is 1. The minimum absolute atomic E-state index is 0. The number of thiophene rings is 1. The first kappa shape index (κ1) is 19.3. The number of amides is 1. The summed E-state index contributed by atoms with van der Waals surface area (Å²) in [5.74, 6) is 0.119. The summed E-state index contributed by atoms with van der Waals surface area (Å²) in [5, 5.41) is 4.09. The van der Waals surface area contributed by atoms with Crippen LogP contribution in [0.1, 0.15) is 36.6 Å². The van der Waals surface area contributed by atoms with Gasteiger partial charge in [0.15, 0.2) is 0 Å². The van der Waals surface area contributed by atoms with Gasteiger partial charge in [0.2, 0.25) is 5.91 Å². The van der Waals surface area contributed by atoms with Crippen molar-refractivity contribution in [3.63, 3.8) is 0 Å². The first-order valence-corrected chi connectivity index (χ1v) is 9.96. The van der Waals surface area contributed by atoms with Crippen LogP contribution in [-0.4, -0.2) is 46.0 Å². The predicted molar refractivity (Wildman–Crippen MR) is 106 cm³/mol. The van der Waals surface area contributed by atoms with Crippen molar-refractivity contribution in [2.45, 2.75) is 51.6 Å². The Balaban J connectivity index is 0.00000196. The van der Waals surface area contributed by atoms with E-state index < -0.39 is 0 Å². The van der Waals surface area contributed by atoms with Crippen LogP contribution in [-0.2, 0) is 24.2 Å². The molecule has 0 radical (unpaired) electrons. The standard InChI is InChI=1S/C18H24N4O2S.ClH/c1-12-10-19-7-9-22(12)15(23)6-8-21-11-20-17-16(18(21)24)13-4-2-3-5-14(13)25-17;/h11-12,19H,2-10H2,1H3;1H/t12-;/m1./s1. The monoisotopic (exact) mass is 396 g/mol. The van der Waals surface area contributed by atoms with Crippen LogP contribution in [0.4, 0.5) is 0 Å². The van der Waals surface area contributed by atoms with Gasteiger partial charge in [-0.25, -0.2) is 4.98 Å². The number of carbonyl (C=O) groups excluding carboxylic acids is 1. The number of nitrogens with zero attached hydrogens (tertiary/aromatic N) is 3. The number of piperazine rings is 1. The highest BCUT2D eigenvalue weighted by Gasteiger charge is 2.23. The molecular weight excluding hydrogens is 372 g/mol. The van der Waals surface area contributed by atoms with Gasteiger partial charge in [0.25, 0.3) is 5.56 Å². The van der Waals surface area contributed by atoms with E-state index in [2.05, 4.69) is 17.2 Å². The van der Waals surface area contributed by atoms with Crippen LogP contribution >= 0.6 is 23.7 Å². The van der Waals surface area contributed by atoms with Gasteiger partial charge < -0.3 is 10.2 Å². The highest BCUT2D eigenvalue weighted by molar-refractivity contribution is 7.18. The maximum absolute atomic E-state index is 12.9. The number of halogens is 1. The Morgan fingerprint density at radius 1 is 1.38 bits per heavy atom. The topological polar surface area (TPSA) is 67.2 Å². The molecule has 4 rings (SSSR count). The van der Waals surface area contributed by atoms with E-state index in [0.29, 0.717) is 13.0 Å². The smallest absolute Gasteiger partial charge is 0.262 e. The summed E-state index contributed by atoms with van der Waals surface area (Å²) in [6.45, 7) is 4.87. The quantitative estimate of drug-likeness (QED) is 0.861. The van der Waals surface area contributed by atoms with Crippen LogP contribution in [0.5, 0.6) is 0 Å². The SMILES string of the molecule is C[C@@H]1CNCCN1C(=O)CCn1cnc2sc3c(c2c1=O)CCCC3.Cl. The molecular formula is C18H25ClN4O2S. The second kappa shape index (κ2) is 8.06. The largest absolute Gasteiger partial charge is 0.337 e. The van der Waals surface area contributed by atoms with Crippen LogP contribution < -0.4 is 10.9 Å². The molecule has 8 heteroatoms. The molecule has 0 aromatic carbocycles. The zero-order valence-corrected chi connectivity index (χ0v) is 16.6. The third-order valence-electron chi connectivity index (χ3n) is 5.33. The molecule has 1 saturated heterocycles. The molecule has 0 bridgehead atoms. The van der Waals surface area contributed by atoms with Crippen molar-refractivity contribution < 1.29 is 4.79 Å². The summed E-state index contributed by atoms with van der Waals surface area (Å²) >= 11 is 1.66. The minimum Gasteiger partial charge on any atom is -0.337 e. The Hall–Kier alpha value is -1.44. The summed E-state index contributed by atoms with van der Waals surface area (Å²) < 4.78 is 1.62. The molecule has 2 aromatic heterocycles. The predicted octanol–water partition coefficient (Wildman–Crippen LogP) is 1.97. The molecule has 0 saturated carbocycles. The number of aromatic nitrogens is 2. The van der Waals surface area contributed by atoms with Gasteiger partial charge in [-0.3, -0.25) is 14.2 Å². The molecule has 1 aliphatic heterocycles. The Kier molecular flexibility index (Phi) is 5.99. The van der Waals surface area contributed by atoms with Crippen molar-refractivity contribution in [2.75, 3.05) is 19.6 Å². The lowest BCUT2D eigenvalue weighted by Gasteiger charge is -2.34. The van der Waals surface area contributed by atoms with Crippen molar-refractivity contribution in [1.82, 2.24) is 19.8 Å². The van der Waals surface area contributed by atoms with Crippen molar-refractivity contribution >= 4 is 39.9 Å². The van der Waals surface area contributed by atoms with Crippen molar-refractivity contribution in [3.8, 4) is 0 Å². The van der Waals surface area contributed by atoms with Crippen molar-refractivity contribution in [2.24, 2.45) is 0 Å². The lowest BCUT2D eigenvalue weighted by molar-refractivity contribution is -0.134. The molecule has 142 valence electrons. The van der Waals surface area contributed by atoms with Crippen LogP contribution in [0.2, 0.25) is 0 Å². The highest BCUT2D eigenvalue weighted by Crippen LogP contribution is 2.33. The molecule has 1 fully saturated rings. The molecule has 1 amide bonds. The molecule has 2 aliphatic rings. The van der Waals surface area contributed by atoms with Gasteiger partial charge in [-0.2, -0.15) is 0 Å². The molecule has 3 heterocycles. The number of carbonyl (C=O) groups is 1. The average Bonchev–Trinajstić information content (AvgIpc) is 3.00. The third kappa shape index (κ3) is 3.52. The van der Waals surface area contributed by atoms with E-state index in [4.69, 9.17) is 0 Å². The summed E-state index contributed by atoms with van der Waals surface area (Å²) in [4.78, 5) is 34.0. The van der Waals surface area contributed by atoms with Gasteiger partial charge in [0.05, 0.1) is 11.7 Å². The van der Waals surface area contributed by atoms with Gasteiger partial charge in [0.1, 0.15) is 4.83 Å². The number of hydrogen-bond donors (Lipinski definition) is 1. The van der Waals surface area contributed by atoms with Gasteiger partial charge in [-0.05, 0) is 38.2 Å². The fourth-order valence-corrected chi connectivity index (χ4v) is 5.13. The first-order chi connectivity index (χ1) is 12.1. The first-order valence-electron chi connectivity index (χ1n) is 9.15.